The summed E-state index contributed by atoms with van der Waals surface area (Å²) in [6, 6.07) is 21.0. The van der Waals surface area contributed by atoms with Gasteiger partial charge >= 0.3 is 0 Å². The van der Waals surface area contributed by atoms with Crippen molar-refractivity contribution in [3.63, 3.8) is 0 Å². The van der Waals surface area contributed by atoms with E-state index in [2.05, 4.69) is 0 Å². The van der Waals surface area contributed by atoms with Crippen LogP contribution in [0, 0.1) is 13.8 Å². The molecular formula is C26H28O4S. The van der Waals surface area contributed by atoms with Gasteiger partial charge in [0.15, 0.2) is 15.6 Å². The summed E-state index contributed by atoms with van der Waals surface area (Å²) < 4.78 is 32.7. The summed E-state index contributed by atoms with van der Waals surface area (Å²) in [7, 11) is -3.77. The number of ketones is 1. The zero-order valence-corrected chi connectivity index (χ0v) is 19.0. The van der Waals surface area contributed by atoms with Gasteiger partial charge in [-0.15, -0.1) is 0 Å². The van der Waals surface area contributed by atoms with E-state index in [1.807, 2.05) is 32.9 Å². The molecule has 3 aromatic rings. The Morgan fingerprint density at radius 2 is 1.39 bits per heavy atom. The summed E-state index contributed by atoms with van der Waals surface area (Å²) >= 11 is 0. The third-order valence-corrected chi connectivity index (χ3v) is 7.31. The van der Waals surface area contributed by atoms with E-state index in [1.165, 1.54) is 0 Å². The van der Waals surface area contributed by atoms with Crippen molar-refractivity contribution in [1.29, 1.82) is 0 Å². The first kappa shape index (κ1) is 22.8. The van der Waals surface area contributed by atoms with Gasteiger partial charge in [0.1, 0.15) is 5.75 Å². The van der Waals surface area contributed by atoms with Gasteiger partial charge in [0.2, 0.25) is 0 Å². The highest BCUT2D eigenvalue weighted by Crippen LogP contribution is 2.34. The molecular weight excluding hydrogens is 408 g/mol. The van der Waals surface area contributed by atoms with Gasteiger partial charge in [0.05, 0.1) is 16.8 Å². The molecule has 4 nitrogen and oxygen atoms in total. The number of hydrogen-bond donors (Lipinski definition) is 0. The second kappa shape index (κ2) is 9.92. The molecule has 0 saturated heterocycles. The number of hydrogen-bond acceptors (Lipinski definition) is 4. The van der Waals surface area contributed by atoms with Crippen molar-refractivity contribution in [2.45, 2.75) is 43.8 Å². The summed E-state index contributed by atoms with van der Waals surface area (Å²) in [4.78, 5) is 13.2. The third-order valence-electron chi connectivity index (χ3n) is 5.19. The van der Waals surface area contributed by atoms with E-state index in [0.29, 0.717) is 23.5 Å². The zero-order valence-electron chi connectivity index (χ0n) is 18.2. The van der Waals surface area contributed by atoms with Crippen molar-refractivity contribution >= 4 is 15.6 Å². The van der Waals surface area contributed by atoms with E-state index in [4.69, 9.17) is 4.74 Å². The fraction of sp³-hybridized carbons (Fsp3) is 0.269. The molecule has 0 aliphatic heterocycles. The van der Waals surface area contributed by atoms with Gasteiger partial charge in [-0.25, -0.2) is 8.42 Å². The van der Waals surface area contributed by atoms with Crippen LogP contribution in [0.15, 0.2) is 77.7 Å². The summed E-state index contributed by atoms with van der Waals surface area (Å²) in [6.45, 7) is 6.47. The number of sulfone groups is 1. The van der Waals surface area contributed by atoms with E-state index < -0.39 is 15.1 Å². The fourth-order valence-corrected chi connectivity index (χ4v) is 5.05. The van der Waals surface area contributed by atoms with Crippen LogP contribution in [0.1, 0.15) is 52.1 Å². The average molecular weight is 437 g/mol. The normalized spacial score (nSPS) is 12.4. The lowest BCUT2D eigenvalue weighted by Gasteiger charge is -2.19. The van der Waals surface area contributed by atoms with Crippen LogP contribution < -0.4 is 4.74 Å². The fourth-order valence-electron chi connectivity index (χ4n) is 3.32. The van der Waals surface area contributed by atoms with Crippen LogP contribution in [-0.4, -0.2) is 20.8 Å². The maximum absolute atomic E-state index is 13.5. The van der Waals surface area contributed by atoms with Gasteiger partial charge < -0.3 is 4.74 Å². The monoisotopic (exact) mass is 436 g/mol. The Morgan fingerprint density at radius 3 is 1.94 bits per heavy atom. The minimum absolute atomic E-state index is 0.131. The van der Waals surface area contributed by atoms with Crippen LogP contribution in [0.25, 0.3) is 0 Å². The van der Waals surface area contributed by atoms with Crippen molar-refractivity contribution < 1.29 is 17.9 Å². The quantitative estimate of drug-likeness (QED) is 0.393. The molecule has 0 spiro atoms. The minimum atomic E-state index is -3.77. The minimum Gasteiger partial charge on any atom is -0.494 e. The lowest BCUT2D eigenvalue weighted by Crippen LogP contribution is -2.18. The molecule has 0 fully saturated rings. The molecule has 3 rings (SSSR count). The van der Waals surface area contributed by atoms with Crippen molar-refractivity contribution in [1.82, 2.24) is 0 Å². The van der Waals surface area contributed by atoms with E-state index in [1.54, 1.807) is 60.7 Å². The SMILES string of the molecule is CCCOc1ccc(C(CC(=O)c2ccc(C)cc2)S(=O)(=O)c2ccc(C)cc2)cc1. The Hall–Kier alpha value is -2.92. The van der Waals surface area contributed by atoms with Gasteiger partial charge in [0, 0.05) is 12.0 Å². The summed E-state index contributed by atoms with van der Waals surface area (Å²) in [5.41, 5.74) is 3.11. The summed E-state index contributed by atoms with van der Waals surface area (Å²) in [5, 5.41) is -0.982. The van der Waals surface area contributed by atoms with Crippen LogP contribution in [0.4, 0.5) is 0 Å². The molecule has 0 aliphatic carbocycles. The first-order valence-corrected chi connectivity index (χ1v) is 12.0. The molecule has 0 amide bonds. The molecule has 0 aromatic heterocycles. The average Bonchev–Trinajstić information content (AvgIpc) is 2.77. The van der Waals surface area contributed by atoms with Gasteiger partial charge in [-0.3, -0.25) is 4.79 Å². The Morgan fingerprint density at radius 1 is 0.839 bits per heavy atom. The lowest BCUT2D eigenvalue weighted by atomic mass is 10.0. The molecule has 162 valence electrons. The van der Waals surface area contributed by atoms with E-state index in [9.17, 15) is 13.2 Å². The summed E-state index contributed by atoms with van der Waals surface area (Å²) in [5.74, 6) is 0.481. The van der Waals surface area contributed by atoms with Crippen LogP contribution >= 0.6 is 0 Å². The zero-order chi connectivity index (χ0) is 22.4. The number of carbonyl (C=O) groups is 1. The van der Waals surface area contributed by atoms with Crippen LogP contribution in [0.3, 0.4) is 0 Å². The predicted octanol–water partition coefficient (Wildman–Crippen LogP) is 5.88. The molecule has 0 radical (unpaired) electrons. The standard InChI is InChI=1S/C26H28O4S/c1-4-17-30-23-13-11-22(12-14-23)26(18-25(27)21-9-5-19(2)6-10-21)31(28,29)24-15-7-20(3)8-16-24/h5-16,26H,4,17-18H2,1-3H3. The summed E-state index contributed by atoms with van der Waals surface area (Å²) in [6.07, 6.45) is 0.756. The van der Waals surface area contributed by atoms with Crippen LogP contribution in [-0.2, 0) is 9.84 Å². The highest BCUT2D eigenvalue weighted by Gasteiger charge is 2.31. The van der Waals surface area contributed by atoms with Crippen molar-refractivity contribution in [2.24, 2.45) is 0 Å². The molecule has 0 N–H and O–H groups in total. The number of Topliss-reactive ketones (excluding diaryl/α,β-unsaturated/α-hetero) is 1. The Bertz CT molecular complexity index is 1110. The second-order valence-electron chi connectivity index (χ2n) is 7.76. The highest BCUT2D eigenvalue weighted by molar-refractivity contribution is 7.91. The van der Waals surface area contributed by atoms with Gasteiger partial charge in [-0.1, -0.05) is 66.6 Å². The smallest absolute Gasteiger partial charge is 0.185 e. The largest absolute Gasteiger partial charge is 0.494 e. The Kier molecular flexibility index (Phi) is 7.29. The molecule has 1 atom stereocenters. The first-order valence-electron chi connectivity index (χ1n) is 10.4. The number of aryl methyl sites for hydroxylation is 2. The number of ether oxygens (including phenoxy) is 1. The predicted molar refractivity (Wildman–Crippen MR) is 123 cm³/mol. The molecule has 31 heavy (non-hydrogen) atoms. The third kappa shape index (κ3) is 5.61. The first-order chi connectivity index (χ1) is 14.8. The van der Waals surface area contributed by atoms with Crippen molar-refractivity contribution in [3.8, 4) is 5.75 Å². The van der Waals surface area contributed by atoms with Gasteiger partial charge in [-0.05, 0) is 50.1 Å². The van der Waals surface area contributed by atoms with Crippen LogP contribution in [0.5, 0.6) is 5.75 Å². The number of rotatable bonds is 9. The number of carbonyl (C=O) groups excluding carboxylic acids is 1. The van der Waals surface area contributed by atoms with E-state index >= 15 is 0 Å². The molecule has 0 heterocycles. The van der Waals surface area contributed by atoms with Crippen molar-refractivity contribution in [2.75, 3.05) is 6.61 Å². The van der Waals surface area contributed by atoms with Crippen LogP contribution in [0.2, 0.25) is 0 Å². The van der Waals surface area contributed by atoms with Crippen molar-refractivity contribution in [3.05, 3.63) is 95.1 Å². The second-order valence-corrected chi connectivity index (χ2v) is 9.89. The maximum atomic E-state index is 13.5. The topological polar surface area (TPSA) is 60.4 Å². The van der Waals surface area contributed by atoms with Gasteiger partial charge in [-0.2, -0.15) is 0 Å². The molecule has 0 aliphatic rings. The molecule has 0 bridgehead atoms. The molecule has 1 unspecified atom stereocenters. The molecule has 0 saturated carbocycles. The molecule has 5 heteroatoms. The Labute approximate surface area is 184 Å². The highest BCUT2D eigenvalue weighted by atomic mass is 32.2. The molecule has 3 aromatic carbocycles. The lowest BCUT2D eigenvalue weighted by molar-refractivity contribution is 0.0980. The maximum Gasteiger partial charge on any atom is 0.185 e. The van der Waals surface area contributed by atoms with E-state index in [-0.39, 0.29) is 17.1 Å². The van der Waals surface area contributed by atoms with E-state index in [0.717, 1.165) is 17.5 Å². The van der Waals surface area contributed by atoms with Gasteiger partial charge in [0.25, 0.3) is 0 Å². The Balaban J connectivity index is 1.97. The number of benzene rings is 3.